The van der Waals surface area contributed by atoms with Gasteiger partial charge in [0, 0.05) is 19.0 Å². The molecule has 2 rings (SSSR count). The summed E-state index contributed by atoms with van der Waals surface area (Å²) < 4.78 is 26.2. The fourth-order valence-corrected chi connectivity index (χ4v) is 3.21. The van der Waals surface area contributed by atoms with E-state index in [9.17, 15) is 8.78 Å². The minimum atomic E-state index is -2.42. The van der Waals surface area contributed by atoms with Gasteiger partial charge in [-0.25, -0.2) is 8.78 Å². The molecule has 0 aromatic carbocycles. The fraction of sp³-hybridized carbons (Fsp3) is 1.00. The first-order chi connectivity index (χ1) is 7.48. The summed E-state index contributed by atoms with van der Waals surface area (Å²) in [6, 6.07) is 0.434. The van der Waals surface area contributed by atoms with Gasteiger partial charge in [-0.2, -0.15) is 0 Å². The first-order valence-electron chi connectivity index (χ1n) is 6.60. The lowest BCUT2D eigenvalue weighted by Gasteiger charge is -2.35. The van der Waals surface area contributed by atoms with Crippen LogP contribution in [0.25, 0.3) is 0 Å². The van der Waals surface area contributed by atoms with Gasteiger partial charge in [0.15, 0.2) is 0 Å². The van der Waals surface area contributed by atoms with E-state index in [1.165, 1.54) is 12.8 Å². The van der Waals surface area contributed by atoms with E-state index in [1.54, 1.807) is 0 Å². The number of rotatable bonds is 2. The molecule has 16 heavy (non-hydrogen) atoms. The van der Waals surface area contributed by atoms with Crippen molar-refractivity contribution in [3.63, 3.8) is 0 Å². The molecule has 1 saturated carbocycles. The quantitative estimate of drug-likeness (QED) is 0.702. The molecule has 0 aromatic rings. The molecule has 3 heteroatoms. The highest BCUT2D eigenvalue weighted by atomic mass is 19.3. The molecule has 1 heterocycles. The lowest BCUT2D eigenvalue weighted by Crippen LogP contribution is -2.38. The standard InChI is InChI=1S/C13H23F2N/c1-10(2)11-3-5-12(6-4-11)16-8-7-13(14,15)9-16/h10-12H,3-9H2,1-2H3/t11-,12-. The summed E-state index contributed by atoms with van der Waals surface area (Å²) in [6.07, 6.45) is 4.77. The Balaban J connectivity index is 1.81. The topological polar surface area (TPSA) is 3.24 Å². The van der Waals surface area contributed by atoms with Gasteiger partial charge in [-0.1, -0.05) is 13.8 Å². The van der Waals surface area contributed by atoms with E-state index >= 15 is 0 Å². The third-order valence-corrected chi connectivity index (χ3v) is 4.40. The smallest absolute Gasteiger partial charge is 0.261 e. The number of hydrogen-bond donors (Lipinski definition) is 0. The van der Waals surface area contributed by atoms with Gasteiger partial charge in [0.05, 0.1) is 6.54 Å². The first kappa shape index (κ1) is 12.3. The fourth-order valence-electron chi connectivity index (χ4n) is 3.21. The Hall–Kier alpha value is -0.180. The van der Waals surface area contributed by atoms with E-state index in [2.05, 4.69) is 13.8 Å². The maximum absolute atomic E-state index is 13.1. The zero-order valence-corrected chi connectivity index (χ0v) is 10.4. The molecule has 0 bridgehead atoms. The second-order valence-corrected chi connectivity index (χ2v) is 5.89. The van der Waals surface area contributed by atoms with Crippen LogP contribution in [-0.2, 0) is 0 Å². The van der Waals surface area contributed by atoms with Crippen molar-refractivity contribution >= 4 is 0 Å². The second kappa shape index (κ2) is 4.59. The maximum atomic E-state index is 13.1. The van der Waals surface area contributed by atoms with Crippen LogP contribution in [0.3, 0.4) is 0 Å². The van der Waals surface area contributed by atoms with Gasteiger partial charge in [-0.05, 0) is 37.5 Å². The molecule has 1 aliphatic heterocycles. The third-order valence-electron chi connectivity index (χ3n) is 4.40. The van der Waals surface area contributed by atoms with Crippen molar-refractivity contribution in [3.05, 3.63) is 0 Å². The summed E-state index contributed by atoms with van der Waals surface area (Å²) in [7, 11) is 0. The van der Waals surface area contributed by atoms with Crippen molar-refractivity contribution in [1.82, 2.24) is 4.90 Å². The molecule has 1 nitrogen and oxygen atoms in total. The van der Waals surface area contributed by atoms with Crippen LogP contribution in [0.1, 0.15) is 46.0 Å². The van der Waals surface area contributed by atoms with Crippen LogP contribution < -0.4 is 0 Å². The van der Waals surface area contributed by atoms with E-state index in [0.29, 0.717) is 12.6 Å². The largest absolute Gasteiger partial charge is 0.294 e. The highest BCUT2D eigenvalue weighted by Gasteiger charge is 2.41. The van der Waals surface area contributed by atoms with E-state index in [1.807, 2.05) is 4.90 Å². The minimum absolute atomic E-state index is 0.00398. The van der Waals surface area contributed by atoms with Crippen molar-refractivity contribution in [2.45, 2.75) is 57.9 Å². The van der Waals surface area contributed by atoms with E-state index in [0.717, 1.165) is 24.7 Å². The van der Waals surface area contributed by atoms with Crippen molar-refractivity contribution in [1.29, 1.82) is 0 Å². The Bertz CT molecular complexity index is 232. The summed E-state index contributed by atoms with van der Waals surface area (Å²) in [4.78, 5) is 2.02. The third kappa shape index (κ3) is 2.73. The summed E-state index contributed by atoms with van der Waals surface area (Å²) in [5, 5.41) is 0. The Morgan fingerprint density at radius 1 is 1.12 bits per heavy atom. The van der Waals surface area contributed by atoms with Gasteiger partial charge in [-0.15, -0.1) is 0 Å². The van der Waals surface area contributed by atoms with E-state index in [4.69, 9.17) is 0 Å². The van der Waals surface area contributed by atoms with Gasteiger partial charge in [-0.3, -0.25) is 4.90 Å². The summed E-state index contributed by atoms with van der Waals surface area (Å²) in [5.74, 6) is -0.852. The van der Waals surface area contributed by atoms with Crippen LogP contribution in [0.15, 0.2) is 0 Å². The van der Waals surface area contributed by atoms with Crippen molar-refractivity contribution in [2.24, 2.45) is 11.8 Å². The Labute approximate surface area is 97.2 Å². The van der Waals surface area contributed by atoms with Crippen molar-refractivity contribution in [2.75, 3.05) is 13.1 Å². The van der Waals surface area contributed by atoms with E-state index < -0.39 is 5.92 Å². The normalized spacial score (nSPS) is 35.8. The monoisotopic (exact) mass is 231 g/mol. The highest BCUT2D eigenvalue weighted by Crippen LogP contribution is 2.36. The molecule has 2 fully saturated rings. The molecule has 0 N–H and O–H groups in total. The number of alkyl halides is 2. The minimum Gasteiger partial charge on any atom is -0.294 e. The van der Waals surface area contributed by atoms with Crippen molar-refractivity contribution < 1.29 is 8.78 Å². The zero-order chi connectivity index (χ0) is 11.8. The SMILES string of the molecule is CC(C)[C@H]1CC[C@H](N2CCC(F)(F)C2)CC1. The lowest BCUT2D eigenvalue weighted by molar-refractivity contribution is 0.00394. The average Bonchev–Trinajstić information content (AvgIpc) is 2.59. The number of nitrogens with zero attached hydrogens (tertiary/aromatic N) is 1. The Morgan fingerprint density at radius 3 is 2.19 bits per heavy atom. The van der Waals surface area contributed by atoms with E-state index in [-0.39, 0.29) is 13.0 Å². The lowest BCUT2D eigenvalue weighted by atomic mass is 9.79. The highest BCUT2D eigenvalue weighted by molar-refractivity contribution is 4.88. The van der Waals surface area contributed by atoms with Crippen LogP contribution >= 0.6 is 0 Å². The molecule has 1 saturated heterocycles. The molecule has 1 aliphatic carbocycles. The number of hydrogen-bond acceptors (Lipinski definition) is 1. The number of likely N-dealkylation sites (tertiary alicyclic amines) is 1. The maximum Gasteiger partial charge on any atom is 0.261 e. The Morgan fingerprint density at radius 2 is 1.75 bits per heavy atom. The summed E-state index contributed by atoms with van der Waals surface area (Å²) >= 11 is 0. The molecular formula is C13H23F2N. The van der Waals surface area contributed by atoms with Gasteiger partial charge < -0.3 is 0 Å². The molecule has 0 spiro atoms. The van der Waals surface area contributed by atoms with Crippen LogP contribution in [0, 0.1) is 11.8 Å². The molecule has 2 aliphatic rings. The molecule has 94 valence electrons. The van der Waals surface area contributed by atoms with Gasteiger partial charge >= 0.3 is 0 Å². The van der Waals surface area contributed by atoms with Crippen LogP contribution in [0.2, 0.25) is 0 Å². The summed E-state index contributed by atoms with van der Waals surface area (Å²) in [6.45, 7) is 5.15. The second-order valence-electron chi connectivity index (χ2n) is 5.89. The Kier molecular flexibility index (Phi) is 3.53. The molecule has 0 unspecified atom stereocenters. The van der Waals surface area contributed by atoms with Gasteiger partial charge in [0.1, 0.15) is 0 Å². The molecule has 0 amide bonds. The molecular weight excluding hydrogens is 208 g/mol. The van der Waals surface area contributed by atoms with Crippen LogP contribution in [0.5, 0.6) is 0 Å². The van der Waals surface area contributed by atoms with Crippen LogP contribution in [-0.4, -0.2) is 30.0 Å². The van der Waals surface area contributed by atoms with Gasteiger partial charge in [0.25, 0.3) is 5.92 Å². The first-order valence-corrected chi connectivity index (χ1v) is 6.60. The van der Waals surface area contributed by atoms with Crippen molar-refractivity contribution in [3.8, 4) is 0 Å². The molecule has 0 radical (unpaired) electrons. The predicted octanol–water partition coefficient (Wildman–Crippen LogP) is 3.54. The van der Waals surface area contributed by atoms with Crippen LogP contribution in [0.4, 0.5) is 8.78 Å². The summed E-state index contributed by atoms with van der Waals surface area (Å²) in [5.41, 5.74) is 0. The van der Waals surface area contributed by atoms with Gasteiger partial charge in [0.2, 0.25) is 0 Å². The molecule has 0 aromatic heterocycles. The zero-order valence-electron chi connectivity index (χ0n) is 10.4. The predicted molar refractivity (Wildman–Crippen MR) is 61.7 cm³/mol. The average molecular weight is 231 g/mol. The number of halogens is 2. The molecule has 0 atom stereocenters.